The molecule has 0 aliphatic heterocycles. The lowest BCUT2D eigenvalue weighted by Crippen LogP contribution is -1.70. The highest BCUT2D eigenvalue weighted by molar-refractivity contribution is 9.11. The fraction of sp³-hybridized carbons (Fsp3) is 0.286. The van der Waals surface area contributed by atoms with Crippen molar-refractivity contribution in [3.63, 3.8) is 0 Å². The van der Waals surface area contributed by atoms with Gasteiger partial charge in [0.2, 0.25) is 0 Å². The number of carbonyl (C=O) groups is 1. The summed E-state index contributed by atoms with van der Waals surface area (Å²) in [7, 11) is 0. The van der Waals surface area contributed by atoms with Crippen LogP contribution in [0.5, 0.6) is 0 Å². The molecule has 0 saturated carbocycles. The molecule has 0 aliphatic carbocycles. The van der Waals surface area contributed by atoms with Crippen LogP contribution in [0.2, 0.25) is 0 Å². The van der Waals surface area contributed by atoms with Crippen LogP contribution in [0.15, 0.2) is 15.2 Å². The van der Waals surface area contributed by atoms with E-state index in [2.05, 4.69) is 34.3 Å². The van der Waals surface area contributed by atoms with Gasteiger partial charge in [-0.25, -0.2) is 0 Å². The lowest BCUT2D eigenvalue weighted by Gasteiger charge is -1.85. The van der Waals surface area contributed by atoms with Crippen LogP contribution in [0.1, 0.15) is 12.5 Å². The van der Waals surface area contributed by atoms with Gasteiger partial charge in [-0.2, -0.15) is 0 Å². The highest BCUT2D eigenvalue weighted by Crippen LogP contribution is 2.23. The van der Waals surface area contributed by atoms with Gasteiger partial charge in [-0.05, 0) is 39.4 Å². The number of aryl methyl sites for hydroxylation is 1. The number of thiophene rings is 1. The smallest absolute Gasteiger partial charge is 0.290 e. The van der Waals surface area contributed by atoms with Crippen molar-refractivity contribution >= 4 is 33.7 Å². The topological polar surface area (TPSA) is 37.3 Å². The van der Waals surface area contributed by atoms with E-state index in [0.717, 1.165) is 6.42 Å². The zero-order valence-electron chi connectivity index (χ0n) is 6.08. The Bertz CT molecular complexity index is 210. The van der Waals surface area contributed by atoms with E-state index in [9.17, 15) is 0 Å². The maximum atomic E-state index is 8.36. The second kappa shape index (κ2) is 6.37. The van der Waals surface area contributed by atoms with E-state index in [4.69, 9.17) is 9.90 Å². The monoisotopic (exact) mass is 236 g/mol. The first-order valence-electron chi connectivity index (χ1n) is 3.06. The van der Waals surface area contributed by atoms with E-state index in [0.29, 0.717) is 0 Å². The van der Waals surface area contributed by atoms with Crippen LogP contribution < -0.4 is 0 Å². The van der Waals surface area contributed by atoms with Crippen molar-refractivity contribution in [1.82, 2.24) is 0 Å². The maximum Gasteiger partial charge on any atom is 0.290 e. The predicted octanol–water partition coefficient (Wildman–Crippen LogP) is 2.77. The Morgan fingerprint density at radius 3 is 2.55 bits per heavy atom. The third kappa shape index (κ3) is 4.16. The van der Waals surface area contributed by atoms with Gasteiger partial charge in [0.15, 0.2) is 0 Å². The molecule has 0 fully saturated rings. The number of rotatable bonds is 1. The lowest BCUT2D eigenvalue weighted by molar-refractivity contribution is -0.122. The van der Waals surface area contributed by atoms with Crippen LogP contribution >= 0.6 is 27.3 Å². The SMILES string of the molecule is CCc1ccsc1Br.O=CO. The van der Waals surface area contributed by atoms with Gasteiger partial charge in [0.25, 0.3) is 6.47 Å². The first kappa shape index (κ1) is 10.7. The molecule has 1 aromatic rings. The quantitative estimate of drug-likeness (QED) is 0.762. The predicted molar refractivity (Wildman–Crippen MR) is 50.1 cm³/mol. The summed E-state index contributed by atoms with van der Waals surface area (Å²) in [5.41, 5.74) is 1.41. The minimum atomic E-state index is -0.250. The molecular formula is C7H9BrO2S. The van der Waals surface area contributed by atoms with Gasteiger partial charge in [0.05, 0.1) is 3.79 Å². The number of halogens is 1. The molecule has 1 N–H and O–H groups in total. The average Bonchev–Trinajstić information content (AvgIpc) is 2.36. The summed E-state index contributed by atoms with van der Waals surface area (Å²) in [4.78, 5) is 8.36. The Kier molecular flexibility index (Phi) is 6.16. The van der Waals surface area contributed by atoms with Gasteiger partial charge in [-0.15, -0.1) is 11.3 Å². The lowest BCUT2D eigenvalue weighted by atomic mass is 10.3. The largest absolute Gasteiger partial charge is 0.483 e. The molecule has 0 bridgehead atoms. The first-order valence-corrected chi connectivity index (χ1v) is 4.73. The van der Waals surface area contributed by atoms with Gasteiger partial charge < -0.3 is 5.11 Å². The third-order valence-corrected chi connectivity index (χ3v) is 2.89. The van der Waals surface area contributed by atoms with Crippen LogP contribution in [0, 0.1) is 0 Å². The molecule has 62 valence electrons. The summed E-state index contributed by atoms with van der Waals surface area (Å²) in [5, 5.41) is 8.99. The fourth-order valence-corrected chi connectivity index (χ4v) is 2.03. The van der Waals surface area contributed by atoms with Crippen LogP contribution in [-0.2, 0) is 11.2 Å². The first-order chi connectivity index (χ1) is 5.26. The third-order valence-electron chi connectivity index (χ3n) is 1.07. The molecule has 0 amide bonds. The molecular weight excluding hydrogens is 228 g/mol. The molecule has 4 heteroatoms. The summed E-state index contributed by atoms with van der Waals surface area (Å²) in [6.07, 6.45) is 1.13. The summed E-state index contributed by atoms with van der Waals surface area (Å²) in [5.74, 6) is 0. The standard InChI is InChI=1S/C6H7BrS.CH2O2/c1-2-5-3-4-8-6(5)7;2-1-3/h3-4H,2H2,1H3;1H,(H,2,3). The van der Waals surface area contributed by atoms with E-state index in [1.807, 2.05) is 0 Å². The molecule has 1 heterocycles. The molecule has 2 nitrogen and oxygen atoms in total. The van der Waals surface area contributed by atoms with Crippen molar-refractivity contribution in [3.8, 4) is 0 Å². The molecule has 11 heavy (non-hydrogen) atoms. The molecule has 1 aromatic heterocycles. The van der Waals surface area contributed by atoms with Crippen molar-refractivity contribution in [2.24, 2.45) is 0 Å². The fourth-order valence-electron chi connectivity index (χ4n) is 0.574. The molecule has 0 aliphatic rings. The van der Waals surface area contributed by atoms with Crippen molar-refractivity contribution in [1.29, 1.82) is 0 Å². The van der Waals surface area contributed by atoms with Crippen molar-refractivity contribution < 1.29 is 9.90 Å². The van der Waals surface area contributed by atoms with E-state index < -0.39 is 0 Å². The molecule has 0 saturated heterocycles. The molecule has 0 aromatic carbocycles. The summed E-state index contributed by atoms with van der Waals surface area (Å²) in [6, 6.07) is 2.15. The summed E-state index contributed by atoms with van der Waals surface area (Å²) >= 11 is 5.19. The molecule has 0 unspecified atom stereocenters. The Balaban J connectivity index is 0.000000292. The summed E-state index contributed by atoms with van der Waals surface area (Å²) in [6.45, 7) is 1.91. The maximum absolute atomic E-state index is 8.36. The zero-order valence-corrected chi connectivity index (χ0v) is 8.48. The number of carboxylic acid groups (broad SMARTS) is 1. The Morgan fingerprint density at radius 1 is 1.82 bits per heavy atom. The molecule has 0 atom stereocenters. The summed E-state index contributed by atoms with van der Waals surface area (Å²) < 4.78 is 1.28. The minimum Gasteiger partial charge on any atom is -0.483 e. The van der Waals surface area contributed by atoms with Crippen molar-refractivity contribution in [2.75, 3.05) is 0 Å². The van der Waals surface area contributed by atoms with E-state index in [1.165, 1.54) is 9.35 Å². The Hall–Kier alpha value is -0.350. The van der Waals surface area contributed by atoms with Crippen LogP contribution in [0.3, 0.4) is 0 Å². The van der Waals surface area contributed by atoms with Crippen molar-refractivity contribution in [3.05, 3.63) is 20.8 Å². The average molecular weight is 237 g/mol. The second-order valence-electron chi connectivity index (χ2n) is 1.68. The highest BCUT2D eigenvalue weighted by atomic mass is 79.9. The second-order valence-corrected chi connectivity index (χ2v) is 3.91. The normalized spacial score (nSPS) is 8.18. The number of hydrogen-bond acceptors (Lipinski definition) is 2. The highest BCUT2D eigenvalue weighted by Gasteiger charge is 1.94. The van der Waals surface area contributed by atoms with Crippen LogP contribution in [-0.4, -0.2) is 11.6 Å². The van der Waals surface area contributed by atoms with Crippen molar-refractivity contribution in [2.45, 2.75) is 13.3 Å². The van der Waals surface area contributed by atoms with E-state index in [-0.39, 0.29) is 6.47 Å². The zero-order chi connectivity index (χ0) is 8.69. The van der Waals surface area contributed by atoms with Crippen LogP contribution in [0.4, 0.5) is 0 Å². The molecule has 0 spiro atoms. The van der Waals surface area contributed by atoms with E-state index in [1.54, 1.807) is 11.3 Å². The molecule has 1 rings (SSSR count). The van der Waals surface area contributed by atoms with Gasteiger partial charge in [-0.3, -0.25) is 4.79 Å². The van der Waals surface area contributed by atoms with Gasteiger partial charge in [-0.1, -0.05) is 6.92 Å². The Morgan fingerprint density at radius 2 is 2.36 bits per heavy atom. The Labute approximate surface area is 78.0 Å². The number of hydrogen-bond donors (Lipinski definition) is 1. The van der Waals surface area contributed by atoms with Gasteiger partial charge in [0.1, 0.15) is 0 Å². The van der Waals surface area contributed by atoms with Gasteiger partial charge >= 0.3 is 0 Å². The van der Waals surface area contributed by atoms with Crippen LogP contribution in [0.25, 0.3) is 0 Å². The molecule has 0 radical (unpaired) electrons. The van der Waals surface area contributed by atoms with Gasteiger partial charge in [0, 0.05) is 0 Å². The minimum absolute atomic E-state index is 0.250. The van der Waals surface area contributed by atoms with E-state index >= 15 is 0 Å².